The second-order valence-corrected chi connectivity index (χ2v) is 4.85. The SMILES string of the molecule is Cc1ccc(C)c(NC(=O)OC/C=C\c2ccccc2)c1. The van der Waals surface area contributed by atoms with Crippen LogP contribution < -0.4 is 5.32 Å². The van der Waals surface area contributed by atoms with Crippen LogP contribution in [-0.4, -0.2) is 12.7 Å². The van der Waals surface area contributed by atoms with Crippen molar-refractivity contribution in [3.63, 3.8) is 0 Å². The molecule has 1 amide bonds. The van der Waals surface area contributed by atoms with Gasteiger partial charge in [-0.2, -0.15) is 0 Å². The third-order valence-electron chi connectivity index (χ3n) is 3.05. The Kier molecular flexibility index (Phi) is 5.16. The van der Waals surface area contributed by atoms with Gasteiger partial charge in [-0.3, -0.25) is 5.32 Å². The summed E-state index contributed by atoms with van der Waals surface area (Å²) in [6.45, 7) is 4.18. The van der Waals surface area contributed by atoms with E-state index >= 15 is 0 Å². The zero-order valence-corrected chi connectivity index (χ0v) is 12.3. The van der Waals surface area contributed by atoms with Crippen LogP contribution in [0.3, 0.4) is 0 Å². The van der Waals surface area contributed by atoms with E-state index in [0.29, 0.717) is 0 Å². The molecule has 108 valence electrons. The van der Waals surface area contributed by atoms with Gasteiger partial charge in [-0.15, -0.1) is 0 Å². The summed E-state index contributed by atoms with van der Waals surface area (Å²) in [7, 11) is 0. The Morgan fingerprint density at radius 2 is 1.90 bits per heavy atom. The minimum absolute atomic E-state index is 0.242. The van der Waals surface area contributed by atoms with Crippen molar-refractivity contribution in [2.24, 2.45) is 0 Å². The van der Waals surface area contributed by atoms with Crippen molar-refractivity contribution in [3.8, 4) is 0 Å². The summed E-state index contributed by atoms with van der Waals surface area (Å²) < 4.78 is 5.13. The van der Waals surface area contributed by atoms with Crippen LogP contribution in [-0.2, 0) is 4.74 Å². The Balaban J connectivity index is 1.82. The smallest absolute Gasteiger partial charge is 0.411 e. The van der Waals surface area contributed by atoms with E-state index < -0.39 is 6.09 Å². The summed E-state index contributed by atoms with van der Waals surface area (Å²) in [6, 6.07) is 15.8. The van der Waals surface area contributed by atoms with Crippen LogP contribution in [0.1, 0.15) is 16.7 Å². The summed E-state index contributed by atoms with van der Waals surface area (Å²) in [4.78, 5) is 11.7. The molecule has 2 aromatic rings. The van der Waals surface area contributed by atoms with Gasteiger partial charge in [0.25, 0.3) is 0 Å². The lowest BCUT2D eigenvalue weighted by molar-refractivity contribution is 0.174. The van der Waals surface area contributed by atoms with E-state index in [4.69, 9.17) is 4.74 Å². The molecule has 3 heteroatoms. The van der Waals surface area contributed by atoms with Crippen LogP contribution in [0.15, 0.2) is 54.6 Å². The molecule has 0 aliphatic heterocycles. The van der Waals surface area contributed by atoms with Gasteiger partial charge in [-0.25, -0.2) is 4.79 Å². The van der Waals surface area contributed by atoms with Crippen LogP contribution in [0.25, 0.3) is 6.08 Å². The summed E-state index contributed by atoms with van der Waals surface area (Å²) in [5, 5.41) is 2.75. The van der Waals surface area contributed by atoms with E-state index in [1.165, 1.54) is 0 Å². The van der Waals surface area contributed by atoms with E-state index in [9.17, 15) is 4.79 Å². The van der Waals surface area contributed by atoms with E-state index in [1.54, 1.807) is 0 Å². The largest absolute Gasteiger partial charge is 0.445 e. The number of nitrogens with one attached hydrogen (secondary N) is 1. The van der Waals surface area contributed by atoms with E-state index in [2.05, 4.69) is 5.32 Å². The molecule has 0 saturated heterocycles. The fourth-order valence-corrected chi connectivity index (χ4v) is 1.89. The number of ether oxygens (including phenoxy) is 1. The fraction of sp³-hybridized carbons (Fsp3) is 0.167. The normalized spacial score (nSPS) is 10.6. The molecule has 0 spiro atoms. The van der Waals surface area contributed by atoms with Gasteiger partial charge in [0, 0.05) is 5.69 Å². The Morgan fingerprint density at radius 3 is 2.67 bits per heavy atom. The second kappa shape index (κ2) is 7.29. The molecule has 2 aromatic carbocycles. The Morgan fingerprint density at radius 1 is 1.14 bits per heavy atom. The van der Waals surface area contributed by atoms with Gasteiger partial charge in [0.15, 0.2) is 0 Å². The highest BCUT2D eigenvalue weighted by Gasteiger charge is 2.04. The van der Waals surface area contributed by atoms with Gasteiger partial charge in [0.2, 0.25) is 0 Å². The number of carbonyl (C=O) groups is 1. The van der Waals surface area contributed by atoms with E-state index in [0.717, 1.165) is 22.4 Å². The highest BCUT2D eigenvalue weighted by molar-refractivity contribution is 5.85. The van der Waals surface area contributed by atoms with Crippen LogP contribution in [0.2, 0.25) is 0 Å². The maximum atomic E-state index is 11.7. The quantitative estimate of drug-likeness (QED) is 0.891. The first kappa shape index (κ1) is 14.9. The predicted octanol–water partition coefficient (Wildman–Crippen LogP) is 4.57. The fourth-order valence-electron chi connectivity index (χ4n) is 1.89. The average molecular weight is 281 g/mol. The summed E-state index contributed by atoms with van der Waals surface area (Å²) in [6.07, 6.45) is 3.30. The number of hydrogen-bond donors (Lipinski definition) is 1. The third kappa shape index (κ3) is 4.80. The Labute approximate surface area is 125 Å². The molecule has 0 saturated carbocycles. The van der Waals surface area contributed by atoms with Crippen LogP contribution in [0.5, 0.6) is 0 Å². The number of carbonyl (C=O) groups excluding carboxylic acids is 1. The van der Waals surface area contributed by atoms with Crippen molar-refractivity contribution in [1.29, 1.82) is 0 Å². The Bertz CT molecular complexity index is 633. The monoisotopic (exact) mass is 281 g/mol. The zero-order chi connectivity index (χ0) is 15.1. The first-order chi connectivity index (χ1) is 10.1. The lowest BCUT2D eigenvalue weighted by Gasteiger charge is -2.09. The van der Waals surface area contributed by atoms with Crippen LogP contribution in [0.4, 0.5) is 10.5 Å². The average Bonchev–Trinajstić information content (AvgIpc) is 2.48. The molecule has 0 aliphatic rings. The molecule has 0 heterocycles. The number of anilines is 1. The van der Waals surface area contributed by atoms with Crippen molar-refractivity contribution in [2.75, 3.05) is 11.9 Å². The van der Waals surface area contributed by atoms with Crippen molar-refractivity contribution in [2.45, 2.75) is 13.8 Å². The second-order valence-electron chi connectivity index (χ2n) is 4.85. The third-order valence-corrected chi connectivity index (χ3v) is 3.05. The summed E-state index contributed by atoms with van der Waals surface area (Å²) in [5.41, 5.74) is 3.97. The molecule has 0 bridgehead atoms. The molecule has 0 atom stereocenters. The lowest BCUT2D eigenvalue weighted by Crippen LogP contribution is -2.14. The van der Waals surface area contributed by atoms with Gasteiger partial charge in [-0.05, 0) is 42.7 Å². The van der Waals surface area contributed by atoms with Crippen molar-refractivity contribution in [1.82, 2.24) is 0 Å². The summed E-state index contributed by atoms with van der Waals surface area (Å²) in [5.74, 6) is 0. The molecule has 0 aliphatic carbocycles. The number of hydrogen-bond acceptors (Lipinski definition) is 2. The van der Waals surface area contributed by atoms with Crippen LogP contribution in [0, 0.1) is 13.8 Å². The van der Waals surface area contributed by atoms with Gasteiger partial charge < -0.3 is 4.74 Å². The van der Waals surface area contributed by atoms with Crippen molar-refractivity contribution >= 4 is 17.9 Å². The molecule has 21 heavy (non-hydrogen) atoms. The molecule has 0 unspecified atom stereocenters. The first-order valence-corrected chi connectivity index (χ1v) is 6.88. The molecular weight excluding hydrogens is 262 g/mol. The molecule has 2 rings (SSSR count). The standard InChI is InChI=1S/C18H19NO2/c1-14-10-11-15(2)17(13-14)19-18(20)21-12-6-9-16-7-4-3-5-8-16/h3-11,13H,12H2,1-2H3,(H,19,20)/b9-6-. The highest BCUT2D eigenvalue weighted by atomic mass is 16.5. The van der Waals surface area contributed by atoms with Gasteiger partial charge >= 0.3 is 6.09 Å². The minimum atomic E-state index is -0.443. The molecule has 0 aromatic heterocycles. The summed E-state index contributed by atoms with van der Waals surface area (Å²) >= 11 is 0. The highest BCUT2D eigenvalue weighted by Crippen LogP contribution is 2.16. The number of benzene rings is 2. The topological polar surface area (TPSA) is 38.3 Å². The zero-order valence-electron chi connectivity index (χ0n) is 12.3. The predicted molar refractivity (Wildman–Crippen MR) is 86.4 cm³/mol. The number of amides is 1. The molecule has 1 N–H and O–H groups in total. The number of rotatable bonds is 4. The van der Waals surface area contributed by atoms with Crippen molar-refractivity contribution < 1.29 is 9.53 Å². The van der Waals surface area contributed by atoms with Gasteiger partial charge in [0.1, 0.15) is 6.61 Å². The molecule has 3 nitrogen and oxygen atoms in total. The lowest BCUT2D eigenvalue weighted by atomic mass is 10.1. The van der Waals surface area contributed by atoms with Crippen LogP contribution >= 0.6 is 0 Å². The molecule has 0 fully saturated rings. The minimum Gasteiger partial charge on any atom is -0.445 e. The Hall–Kier alpha value is -2.55. The molecular formula is C18H19NO2. The van der Waals surface area contributed by atoms with Gasteiger partial charge in [-0.1, -0.05) is 48.5 Å². The van der Waals surface area contributed by atoms with Gasteiger partial charge in [0.05, 0.1) is 0 Å². The number of aryl methyl sites for hydroxylation is 2. The van der Waals surface area contributed by atoms with E-state index in [1.807, 2.05) is 74.5 Å². The van der Waals surface area contributed by atoms with E-state index in [-0.39, 0.29) is 6.61 Å². The maximum absolute atomic E-state index is 11.7. The molecule has 0 radical (unpaired) electrons. The maximum Gasteiger partial charge on any atom is 0.411 e. The first-order valence-electron chi connectivity index (χ1n) is 6.88. The van der Waals surface area contributed by atoms with Crippen molar-refractivity contribution in [3.05, 3.63) is 71.3 Å².